The Kier molecular flexibility index (Phi) is 3.10. The predicted octanol–water partition coefficient (Wildman–Crippen LogP) is 4.76. The highest BCUT2D eigenvalue weighted by atomic mass is 16.2. The van der Waals surface area contributed by atoms with E-state index in [9.17, 15) is 4.79 Å². The molecule has 0 aromatic heterocycles. The Morgan fingerprint density at radius 3 is 2.64 bits per heavy atom. The molecule has 3 fully saturated rings. The normalized spacial score (nSPS) is 48.1. The highest BCUT2D eigenvalue weighted by Gasteiger charge is 2.57. The lowest BCUT2D eigenvalue weighted by molar-refractivity contribution is -0.135. The fourth-order valence-electron chi connectivity index (χ4n) is 7.10. The van der Waals surface area contributed by atoms with Gasteiger partial charge in [-0.3, -0.25) is 4.79 Å². The number of hydrogen-bond donors (Lipinski definition) is 0. The molecule has 4 rings (SSSR count). The third kappa shape index (κ3) is 1.76. The third-order valence-corrected chi connectivity index (χ3v) is 8.09. The fourth-order valence-corrected chi connectivity index (χ4v) is 7.10. The molecule has 0 spiro atoms. The first-order chi connectivity index (χ1) is 10.4. The average molecular weight is 301 g/mol. The van der Waals surface area contributed by atoms with Gasteiger partial charge < -0.3 is 4.90 Å². The molecule has 3 unspecified atom stereocenters. The molecule has 1 heterocycles. The molecule has 122 valence electrons. The molecule has 1 saturated heterocycles. The van der Waals surface area contributed by atoms with E-state index in [0.717, 1.165) is 30.6 Å². The molecule has 0 aromatic carbocycles. The maximum atomic E-state index is 12.2. The minimum Gasteiger partial charge on any atom is -0.319 e. The van der Waals surface area contributed by atoms with E-state index >= 15 is 0 Å². The first kappa shape index (κ1) is 14.8. The largest absolute Gasteiger partial charge is 0.319 e. The monoisotopic (exact) mass is 301 g/mol. The van der Waals surface area contributed by atoms with Gasteiger partial charge in [0.25, 0.3) is 0 Å². The molecule has 0 bridgehead atoms. The summed E-state index contributed by atoms with van der Waals surface area (Å²) < 4.78 is 0. The van der Waals surface area contributed by atoms with Crippen LogP contribution in [0.3, 0.4) is 0 Å². The van der Waals surface area contributed by atoms with Gasteiger partial charge in [-0.25, -0.2) is 0 Å². The number of hydrogen-bond acceptors (Lipinski definition) is 1. The molecule has 1 aliphatic heterocycles. The van der Waals surface area contributed by atoms with Crippen LogP contribution in [0.1, 0.15) is 72.1 Å². The molecule has 0 aromatic rings. The Labute approximate surface area is 135 Å². The highest BCUT2D eigenvalue weighted by Crippen LogP contribution is 2.65. The smallest absolute Gasteiger partial charge is 0.226 e. The van der Waals surface area contributed by atoms with Crippen molar-refractivity contribution in [1.29, 1.82) is 0 Å². The lowest BCUT2D eigenvalue weighted by Crippen LogP contribution is -2.53. The number of likely N-dealkylation sites (tertiary alicyclic amines) is 1. The number of rotatable bonds is 0. The van der Waals surface area contributed by atoms with E-state index in [1.165, 1.54) is 49.8 Å². The van der Waals surface area contributed by atoms with Crippen LogP contribution in [0, 0.1) is 28.6 Å². The van der Waals surface area contributed by atoms with Crippen molar-refractivity contribution in [3.05, 3.63) is 11.3 Å². The van der Waals surface area contributed by atoms with Gasteiger partial charge in [-0.1, -0.05) is 25.8 Å². The highest BCUT2D eigenvalue weighted by molar-refractivity contribution is 5.79. The molecule has 2 saturated carbocycles. The second kappa shape index (κ2) is 4.61. The maximum Gasteiger partial charge on any atom is 0.226 e. The Bertz CT molecular complexity index is 550. The van der Waals surface area contributed by atoms with Crippen molar-refractivity contribution in [3.8, 4) is 0 Å². The number of nitrogens with zero attached hydrogens (tertiary/aromatic N) is 1. The lowest BCUT2D eigenvalue weighted by atomic mass is 9.49. The van der Waals surface area contributed by atoms with Crippen LogP contribution in [0.5, 0.6) is 0 Å². The zero-order valence-electron chi connectivity index (χ0n) is 14.7. The topological polar surface area (TPSA) is 20.3 Å². The molecule has 2 nitrogen and oxygen atoms in total. The fraction of sp³-hybridized carbons (Fsp3) is 0.850. The van der Waals surface area contributed by atoms with E-state index in [4.69, 9.17) is 0 Å². The summed E-state index contributed by atoms with van der Waals surface area (Å²) in [6.07, 6.45) is 10.2. The first-order valence-electron chi connectivity index (χ1n) is 9.34. The SMILES string of the molecule is CC1=C2N(C)C(=O)CC[C@]2(C)C2CC[C@]3(C)CCCC3C2C1. The summed E-state index contributed by atoms with van der Waals surface area (Å²) in [6, 6.07) is 0. The van der Waals surface area contributed by atoms with Crippen molar-refractivity contribution in [3.63, 3.8) is 0 Å². The van der Waals surface area contributed by atoms with Gasteiger partial charge >= 0.3 is 0 Å². The standard InChI is InChI=1S/C20H31NO/c1-13-12-14-15-6-5-9-19(15,2)10-7-16(14)20(3)11-8-17(22)21(4)18(13)20/h14-16H,5-12H2,1-4H3/t14?,15?,16?,19-,20+/m0/s1. The van der Waals surface area contributed by atoms with Crippen LogP contribution in [0.2, 0.25) is 0 Å². The summed E-state index contributed by atoms with van der Waals surface area (Å²) in [7, 11) is 2.02. The van der Waals surface area contributed by atoms with Crippen molar-refractivity contribution in [1.82, 2.24) is 4.90 Å². The number of carbonyl (C=O) groups excluding carboxylic acids is 1. The van der Waals surface area contributed by atoms with E-state index in [0.29, 0.717) is 11.3 Å². The number of allylic oxidation sites excluding steroid dienone is 2. The second-order valence-electron chi connectivity index (χ2n) is 9.17. The van der Waals surface area contributed by atoms with Gasteiger partial charge in [-0.15, -0.1) is 0 Å². The molecule has 1 amide bonds. The number of amides is 1. The number of piperidine rings is 1. The van der Waals surface area contributed by atoms with Crippen molar-refractivity contribution in [2.75, 3.05) is 7.05 Å². The molecular weight excluding hydrogens is 270 g/mol. The van der Waals surface area contributed by atoms with Gasteiger partial charge in [0.1, 0.15) is 0 Å². The summed E-state index contributed by atoms with van der Waals surface area (Å²) in [4.78, 5) is 14.2. The molecule has 0 radical (unpaired) electrons. The van der Waals surface area contributed by atoms with Gasteiger partial charge in [0.2, 0.25) is 5.91 Å². The van der Waals surface area contributed by atoms with E-state index in [-0.39, 0.29) is 5.41 Å². The minimum atomic E-state index is 0.250. The third-order valence-electron chi connectivity index (χ3n) is 8.09. The van der Waals surface area contributed by atoms with Crippen LogP contribution in [0.25, 0.3) is 0 Å². The molecule has 3 aliphatic carbocycles. The van der Waals surface area contributed by atoms with Gasteiger partial charge in [0.15, 0.2) is 0 Å². The van der Waals surface area contributed by atoms with Crippen molar-refractivity contribution >= 4 is 5.91 Å². The zero-order chi connectivity index (χ0) is 15.7. The van der Waals surface area contributed by atoms with Gasteiger partial charge in [-0.05, 0) is 68.6 Å². The Hall–Kier alpha value is -0.790. The number of fused-ring (bicyclic) bond motifs is 5. The van der Waals surface area contributed by atoms with Gasteiger partial charge in [0, 0.05) is 24.6 Å². The Morgan fingerprint density at radius 2 is 1.86 bits per heavy atom. The summed E-state index contributed by atoms with van der Waals surface area (Å²) in [5, 5.41) is 0. The number of carbonyl (C=O) groups is 1. The quantitative estimate of drug-likeness (QED) is 0.632. The van der Waals surface area contributed by atoms with Crippen LogP contribution >= 0.6 is 0 Å². The molecule has 0 N–H and O–H groups in total. The second-order valence-corrected chi connectivity index (χ2v) is 9.17. The molecule has 5 atom stereocenters. The van der Waals surface area contributed by atoms with Gasteiger partial charge in [0.05, 0.1) is 0 Å². The van der Waals surface area contributed by atoms with E-state index in [1.54, 1.807) is 0 Å². The average Bonchev–Trinajstić information content (AvgIpc) is 2.85. The van der Waals surface area contributed by atoms with E-state index < -0.39 is 0 Å². The molecular formula is C20H31NO. The van der Waals surface area contributed by atoms with Crippen LogP contribution in [0.4, 0.5) is 0 Å². The van der Waals surface area contributed by atoms with E-state index in [1.807, 2.05) is 11.9 Å². The summed E-state index contributed by atoms with van der Waals surface area (Å²) in [6.45, 7) is 7.34. The molecule has 4 aliphatic rings. The van der Waals surface area contributed by atoms with Crippen molar-refractivity contribution < 1.29 is 4.79 Å². The summed E-state index contributed by atoms with van der Waals surface area (Å²) in [5.74, 6) is 2.93. The summed E-state index contributed by atoms with van der Waals surface area (Å²) in [5.41, 5.74) is 3.77. The van der Waals surface area contributed by atoms with Crippen LogP contribution in [-0.2, 0) is 4.79 Å². The molecule has 2 heteroatoms. The minimum absolute atomic E-state index is 0.250. The zero-order valence-corrected chi connectivity index (χ0v) is 14.7. The predicted molar refractivity (Wildman–Crippen MR) is 89.1 cm³/mol. The van der Waals surface area contributed by atoms with Crippen LogP contribution in [0.15, 0.2) is 11.3 Å². The molecule has 22 heavy (non-hydrogen) atoms. The van der Waals surface area contributed by atoms with Crippen molar-refractivity contribution in [2.24, 2.45) is 28.6 Å². The summed E-state index contributed by atoms with van der Waals surface area (Å²) >= 11 is 0. The Morgan fingerprint density at radius 1 is 1.09 bits per heavy atom. The van der Waals surface area contributed by atoms with Crippen LogP contribution < -0.4 is 0 Å². The van der Waals surface area contributed by atoms with Crippen LogP contribution in [-0.4, -0.2) is 17.9 Å². The lowest BCUT2D eigenvalue weighted by Gasteiger charge is -2.58. The van der Waals surface area contributed by atoms with Crippen molar-refractivity contribution in [2.45, 2.75) is 72.1 Å². The van der Waals surface area contributed by atoms with Gasteiger partial charge in [-0.2, -0.15) is 0 Å². The van der Waals surface area contributed by atoms with E-state index in [2.05, 4.69) is 20.8 Å². The Balaban J connectivity index is 1.77. The first-order valence-corrected chi connectivity index (χ1v) is 9.34. The maximum absolute atomic E-state index is 12.2.